The summed E-state index contributed by atoms with van der Waals surface area (Å²) < 4.78 is 0. The van der Waals surface area contributed by atoms with E-state index in [1.165, 1.54) is 17.7 Å². The van der Waals surface area contributed by atoms with Crippen LogP contribution < -0.4 is 0 Å². The Kier molecular flexibility index (Phi) is 3.95. The zero-order chi connectivity index (χ0) is 11.5. The number of allylic oxidation sites excluding steroid dienone is 1. The molecule has 0 aromatic rings. The van der Waals surface area contributed by atoms with E-state index in [1.54, 1.807) is 0 Å². The van der Waals surface area contributed by atoms with Gasteiger partial charge in [0.05, 0.1) is 6.42 Å². The van der Waals surface area contributed by atoms with Crippen molar-refractivity contribution in [3.8, 4) is 0 Å². The molecule has 1 fully saturated rings. The molecule has 0 radical (unpaired) electrons. The van der Waals surface area contributed by atoms with E-state index in [9.17, 15) is 4.79 Å². The van der Waals surface area contributed by atoms with E-state index in [0.29, 0.717) is 23.6 Å². The van der Waals surface area contributed by atoms with E-state index >= 15 is 0 Å². The van der Waals surface area contributed by atoms with Gasteiger partial charge in [-0.05, 0) is 30.6 Å². The van der Waals surface area contributed by atoms with Crippen molar-refractivity contribution < 1.29 is 4.79 Å². The van der Waals surface area contributed by atoms with Crippen LogP contribution >= 0.6 is 11.8 Å². The van der Waals surface area contributed by atoms with Gasteiger partial charge in [-0.3, -0.25) is 4.79 Å². The number of hydrogen-bond donors (Lipinski definition) is 0. The molecule has 0 N–H and O–H groups in total. The highest BCUT2D eigenvalue weighted by Crippen LogP contribution is 2.35. The van der Waals surface area contributed by atoms with E-state index in [4.69, 9.17) is 0 Å². The average molecular weight is 239 g/mol. The van der Waals surface area contributed by atoms with Crippen LogP contribution in [0.2, 0.25) is 0 Å². The van der Waals surface area contributed by atoms with Crippen molar-refractivity contribution in [3.05, 3.63) is 11.0 Å². The summed E-state index contributed by atoms with van der Waals surface area (Å²) >= 11 is 1.88. The lowest BCUT2D eigenvalue weighted by Crippen LogP contribution is -2.33. The van der Waals surface area contributed by atoms with E-state index in [-0.39, 0.29) is 0 Å². The van der Waals surface area contributed by atoms with Crippen LogP contribution in [-0.4, -0.2) is 28.6 Å². The minimum absolute atomic E-state index is 0.345. The van der Waals surface area contributed by atoms with Crippen molar-refractivity contribution in [3.63, 3.8) is 0 Å². The molecule has 1 atom stereocenters. The fourth-order valence-corrected chi connectivity index (χ4v) is 3.26. The summed E-state index contributed by atoms with van der Waals surface area (Å²) in [4.78, 5) is 15.5. The topological polar surface area (TPSA) is 20.3 Å². The molecule has 1 heterocycles. The van der Waals surface area contributed by atoms with E-state index in [1.807, 2.05) is 11.8 Å². The lowest BCUT2D eigenvalue weighted by molar-refractivity contribution is -0.130. The van der Waals surface area contributed by atoms with Crippen LogP contribution in [0.3, 0.4) is 0 Å². The fraction of sp³-hybridized carbons (Fsp3) is 0.769. The molecule has 1 saturated carbocycles. The second-order valence-electron chi connectivity index (χ2n) is 4.83. The van der Waals surface area contributed by atoms with Gasteiger partial charge in [0, 0.05) is 17.8 Å². The van der Waals surface area contributed by atoms with Crippen molar-refractivity contribution in [2.24, 2.45) is 0 Å². The van der Waals surface area contributed by atoms with Gasteiger partial charge >= 0.3 is 0 Å². The van der Waals surface area contributed by atoms with Gasteiger partial charge in [-0.15, -0.1) is 11.8 Å². The second kappa shape index (κ2) is 5.26. The zero-order valence-corrected chi connectivity index (χ0v) is 11.1. The number of rotatable bonds is 5. The van der Waals surface area contributed by atoms with Gasteiger partial charge in [0.1, 0.15) is 0 Å². The predicted octanol–water partition coefficient (Wildman–Crippen LogP) is 3.19. The molecule has 2 aliphatic rings. The zero-order valence-electron chi connectivity index (χ0n) is 10.2. The molecule has 2 rings (SSSR count). The summed E-state index contributed by atoms with van der Waals surface area (Å²) in [5.74, 6) is 0.345. The molecule has 0 aromatic carbocycles. The summed E-state index contributed by atoms with van der Waals surface area (Å²) in [6, 6.07) is 0.567. The lowest BCUT2D eigenvalue weighted by atomic mass is 10.2. The molecular formula is C13H21NOS. The summed E-state index contributed by atoms with van der Waals surface area (Å²) in [6.07, 6.45) is 7.52. The van der Waals surface area contributed by atoms with Gasteiger partial charge in [0.2, 0.25) is 5.91 Å². The van der Waals surface area contributed by atoms with Crippen molar-refractivity contribution in [1.29, 1.82) is 0 Å². The van der Waals surface area contributed by atoms with Crippen LogP contribution in [0.15, 0.2) is 11.0 Å². The maximum atomic E-state index is 12.1. The van der Waals surface area contributed by atoms with Gasteiger partial charge < -0.3 is 4.90 Å². The first-order valence-electron chi connectivity index (χ1n) is 6.36. The third-order valence-corrected chi connectivity index (χ3v) is 4.34. The third-order valence-electron chi connectivity index (χ3n) is 3.13. The number of thioether (sulfide) groups is 1. The molecule has 1 amide bonds. The lowest BCUT2D eigenvalue weighted by Gasteiger charge is -2.22. The highest BCUT2D eigenvalue weighted by molar-refractivity contribution is 8.03. The quantitative estimate of drug-likeness (QED) is 0.734. The van der Waals surface area contributed by atoms with Gasteiger partial charge in [0.15, 0.2) is 0 Å². The Morgan fingerprint density at radius 3 is 2.81 bits per heavy atom. The molecule has 1 aliphatic heterocycles. The summed E-state index contributed by atoms with van der Waals surface area (Å²) in [6.45, 7) is 5.31. The van der Waals surface area contributed by atoms with Gasteiger partial charge in [-0.25, -0.2) is 0 Å². The SMILES string of the molecule is CCCN(C(=O)CC1=CCC(C)S1)C1CC1. The Hall–Kier alpha value is -0.440. The smallest absolute Gasteiger partial charge is 0.227 e. The molecule has 16 heavy (non-hydrogen) atoms. The number of hydrogen-bond acceptors (Lipinski definition) is 2. The van der Waals surface area contributed by atoms with Crippen molar-refractivity contribution in [2.75, 3.05) is 6.54 Å². The van der Waals surface area contributed by atoms with Crippen LogP contribution in [0.5, 0.6) is 0 Å². The third kappa shape index (κ3) is 3.03. The molecule has 1 unspecified atom stereocenters. The van der Waals surface area contributed by atoms with Crippen LogP contribution in [0, 0.1) is 0 Å². The van der Waals surface area contributed by atoms with Crippen LogP contribution in [-0.2, 0) is 4.79 Å². The maximum absolute atomic E-state index is 12.1. The minimum atomic E-state index is 0.345. The standard InChI is InChI=1S/C13H21NOS/c1-3-8-14(11-5-6-11)13(15)9-12-7-4-10(2)16-12/h7,10-11H,3-6,8-9H2,1-2H3. The number of amides is 1. The molecule has 0 spiro atoms. The first kappa shape index (κ1) is 12.0. The first-order valence-corrected chi connectivity index (χ1v) is 7.23. The molecule has 2 nitrogen and oxygen atoms in total. The van der Waals surface area contributed by atoms with E-state index in [2.05, 4.69) is 24.8 Å². The molecule has 0 saturated heterocycles. The largest absolute Gasteiger partial charge is 0.339 e. The molecular weight excluding hydrogens is 218 g/mol. The van der Waals surface area contributed by atoms with Crippen LogP contribution in [0.1, 0.15) is 46.0 Å². The Morgan fingerprint density at radius 2 is 2.31 bits per heavy atom. The summed E-state index contributed by atoms with van der Waals surface area (Å²) in [5.41, 5.74) is 0. The monoisotopic (exact) mass is 239 g/mol. The van der Waals surface area contributed by atoms with Gasteiger partial charge in [-0.2, -0.15) is 0 Å². The second-order valence-corrected chi connectivity index (χ2v) is 6.39. The highest BCUT2D eigenvalue weighted by atomic mass is 32.2. The Bertz CT molecular complexity index is 296. The number of carbonyl (C=O) groups excluding carboxylic acids is 1. The molecule has 0 aromatic heterocycles. The summed E-state index contributed by atoms with van der Waals surface area (Å²) in [5, 5.41) is 0.670. The Balaban J connectivity index is 1.85. The van der Waals surface area contributed by atoms with Crippen LogP contribution in [0.25, 0.3) is 0 Å². The Labute approximate surface area is 102 Å². The number of carbonyl (C=O) groups is 1. The van der Waals surface area contributed by atoms with Crippen molar-refractivity contribution >= 4 is 17.7 Å². The predicted molar refractivity (Wildman–Crippen MR) is 69.4 cm³/mol. The highest BCUT2D eigenvalue weighted by Gasteiger charge is 2.32. The van der Waals surface area contributed by atoms with Gasteiger partial charge in [0.25, 0.3) is 0 Å². The molecule has 1 aliphatic carbocycles. The van der Waals surface area contributed by atoms with E-state index < -0.39 is 0 Å². The average Bonchev–Trinajstić information content (AvgIpc) is 3.00. The summed E-state index contributed by atoms with van der Waals surface area (Å²) in [7, 11) is 0. The van der Waals surface area contributed by atoms with Crippen LogP contribution in [0.4, 0.5) is 0 Å². The molecule has 3 heteroatoms. The Morgan fingerprint density at radius 1 is 1.56 bits per heavy atom. The molecule has 90 valence electrons. The van der Waals surface area contributed by atoms with E-state index in [0.717, 1.165) is 19.4 Å². The molecule has 0 bridgehead atoms. The fourth-order valence-electron chi connectivity index (χ4n) is 2.15. The van der Waals surface area contributed by atoms with Gasteiger partial charge in [-0.1, -0.05) is 19.9 Å². The van der Waals surface area contributed by atoms with Crippen molar-refractivity contribution in [2.45, 2.75) is 57.2 Å². The number of nitrogens with zero attached hydrogens (tertiary/aromatic N) is 1. The first-order chi connectivity index (χ1) is 7.70. The van der Waals surface area contributed by atoms with Crippen molar-refractivity contribution in [1.82, 2.24) is 4.90 Å². The maximum Gasteiger partial charge on any atom is 0.227 e. The minimum Gasteiger partial charge on any atom is -0.339 e. The normalized spacial score (nSPS) is 24.4.